The van der Waals surface area contributed by atoms with Crippen LogP contribution in [-0.4, -0.2) is 15.0 Å². The molecule has 0 amide bonds. The van der Waals surface area contributed by atoms with Gasteiger partial charge in [-0.05, 0) is 12.8 Å². The minimum atomic E-state index is 0.447. The topological polar surface area (TPSA) is 30.7 Å². The largest absolute Gasteiger partial charge is 0.250 e. The molecule has 0 N–H and O–H groups in total. The Hall–Kier alpha value is -0.860. The fourth-order valence-corrected chi connectivity index (χ4v) is 0.740. The Morgan fingerprint density at radius 2 is 2.00 bits per heavy atom. The minimum absolute atomic E-state index is 0.447. The van der Waals surface area contributed by atoms with E-state index in [1.165, 1.54) is 0 Å². The highest BCUT2D eigenvalue weighted by atomic mass is 15.4. The normalized spacial score (nSPS) is 14.0. The standard InChI is InChI=1S/C7H13N3/c1-6(2)7(3)10-5-4-8-9-10/h4-7H,1-3H3/t7-/m1/s1. The number of rotatable bonds is 2. The van der Waals surface area contributed by atoms with Crippen molar-refractivity contribution in [3.8, 4) is 0 Å². The van der Waals surface area contributed by atoms with Crippen LogP contribution in [0.25, 0.3) is 0 Å². The monoisotopic (exact) mass is 139 g/mol. The zero-order chi connectivity index (χ0) is 7.56. The van der Waals surface area contributed by atoms with Crippen molar-refractivity contribution in [1.82, 2.24) is 15.0 Å². The van der Waals surface area contributed by atoms with Crippen molar-refractivity contribution in [2.45, 2.75) is 26.8 Å². The van der Waals surface area contributed by atoms with Crippen molar-refractivity contribution >= 4 is 0 Å². The van der Waals surface area contributed by atoms with E-state index >= 15 is 0 Å². The van der Waals surface area contributed by atoms with Gasteiger partial charge in [-0.1, -0.05) is 19.1 Å². The molecule has 0 fully saturated rings. The van der Waals surface area contributed by atoms with Crippen LogP contribution >= 0.6 is 0 Å². The molecule has 3 heteroatoms. The third-order valence-electron chi connectivity index (χ3n) is 1.82. The van der Waals surface area contributed by atoms with Gasteiger partial charge in [-0.15, -0.1) is 5.10 Å². The third kappa shape index (κ3) is 1.35. The van der Waals surface area contributed by atoms with Gasteiger partial charge in [0.2, 0.25) is 0 Å². The van der Waals surface area contributed by atoms with Crippen LogP contribution in [0.1, 0.15) is 26.8 Å². The fraction of sp³-hybridized carbons (Fsp3) is 0.714. The number of hydrogen-bond acceptors (Lipinski definition) is 2. The Morgan fingerprint density at radius 3 is 2.40 bits per heavy atom. The first kappa shape index (κ1) is 7.25. The van der Waals surface area contributed by atoms with Gasteiger partial charge in [0.05, 0.1) is 12.2 Å². The molecule has 56 valence electrons. The Labute approximate surface area is 61.1 Å². The van der Waals surface area contributed by atoms with Gasteiger partial charge in [0.25, 0.3) is 0 Å². The number of hydrogen-bond donors (Lipinski definition) is 0. The lowest BCUT2D eigenvalue weighted by atomic mass is 10.1. The van der Waals surface area contributed by atoms with E-state index in [-0.39, 0.29) is 0 Å². The van der Waals surface area contributed by atoms with E-state index in [9.17, 15) is 0 Å². The summed E-state index contributed by atoms with van der Waals surface area (Å²) in [6.07, 6.45) is 3.60. The second-order valence-corrected chi connectivity index (χ2v) is 2.87. The lowest BCUT2D eigenvalue weighted by Crippen LogP contribution is -2.11. The van der Waals surface area contributed by atoms with Crippen LogP contribution in [-0.2, 0) is 0 Å². The summed E-state index contributed by atoms with van der Waals surface area (Å²) >= 11 is 0. The van der Waals surface area contributed by atoms with Crippen molar-refractivity contribution in [1.29, 1.82) is 0 Å². The molecule has 0 unspecified atom stereocenters. The van der Waals surface area contributed by atoms with Crippen molar-refractivity contribution in [3.63, 3.8) is 0 Å². The highest BCUT2D eigenvalue weighted by Gasteiger charge is 2.08. The lowest BCUT2D eigenvalue weighted by Gasteiger charge is -2.14. The van der Waals surface area contributed by atoms with Crippen LogP contribution in [0.2, 0.25) is 0 Å². The van der Waals surface area contributed by atoms with Gasteiger partial charge in [-0.3, -0.25) is 0 Å². The maximum atomic E-state index is 3.90. The van der Waals surface area contributed by atoms with Gasteiger partial charge in [0, 0.05) is 6.20 Å². The summed E-state index contributed by atoms with van der Waals surface area (Å²) in [7, 11) is 0. The van der Waals surface area contributed by atoms with Crippen molar-refractivity contribution < 1.29 is 0 Å². The van der Waals surface area contributed by atoms with Crippen LogP contribution in [0.3, 0.4) is 0 Å². The quantitative estimate of drug-likeness (QED) is 0.621. The SMILES string of the molecule is CC(C)[C@@H](C)n1ccnn1. The highest BCUT2D eigenvalue weighted by Crippen LogP contribution is 2.13. The average molecular weight is 139 g/mol. The van der Waals surface area contributed by atoms with Gasteiger partial charge >= 0.3 is 0 Å². The predicted molar refractivity (Wildman–Crippen MR) is 39.6 cm³/mol. The van der Waals surface area contributed by atoms with Gasteiger partial charge in [-0.2, -0.15) is 0 Å². The van der Waals surface area contributed by atoms with Crippen molar-refractivity contribution in [2.75, 3.05) is 0 Å². The van der Waals surface area contributed by atoms with Gasteiger partial charge in [-0.25, -0.2) is 4.68 Å². The molecule has 0 saturated heterocycles. The lowest BCUT2D eigenvalue weighted by molar-refractivity contribution is 0.368. The third-order valence-corrected chi connectivity index (χ3v) is 1.82. The van der Waals surface area contributed by atoms with E-state index in [0.717, 1.165) is 0 Å². The Kier molecular flexibility index (Phi) is 2.04. The van der Waals surface area contributed by atoms with E-state index in [1.807, 2.05) is 10.9 Å². The molecule has 3 nitrogen and oxygen atoms in total. The second kappa shape index (κ2) is 2.82. The van der Waals surface area contributed by atoms with Crippen LogP contribution in [0.5, 0.6) is 0 Å². The Bertz CT molecular complexity index is 179. The minimum Gasteiger partial charge on any atom is -0.250 e. The van der Waals surface area contributed by atoms with E-state index in [1.54, 1.807) is 6.20 Å². The zero-order valence-corrected chi connectivity index (χ0v) is 6.65. The maximum Gasteiger partial charge on any atom is 0.0693 e. The van der Waals surface area contributed by atoms with E-state index in [0.29, 0.717) is 12.0 Å². The first-order valence-electron chi connectivity index (χ1n) is 3.57. The molecular weight excluding hydrogens is 126 g/mol. The maximum absolute atomic E-state index is 3.90. The summed E-state index contributed by atoms with van der Waals surface area (Å²) in [6, 6.07) is 0.447. The van der Waals surface area contributed by atoms with E-state index < -0.39 is 0 Å². The van der Waals surface area contributed by atoms with Gasteiger partial charge < -0.3 is 0 Å². The van der Waals surface area contributed by atoms with Crippen LogP contribution in [0.15, 0.2) is 12.4 Å². The summed E-state index contributed by atoms with van der Waals surface area (Å²) in [4.78, 5) is 0. The molecule has 0 bridgehead atoms. The molecule has 0 aromatic carbocycles. The van der Waals surface area contributed by atoms with Crippen LogP contribution in [0, 0.1) is 5.92 Å². The first-order valence-corrected chi connectivity index (χ1v) is 3.57. The first-order chi connectivity index (χ1) is 4.72. The van der Waals surface area contributed by atoms with Crippen molar-refractivity contribution in [3.05, 3.63) is 12.4 Å². The summed E-state index contributed by atoms with van der Waals surface area (Å²) in [5.41, 5.74) is 0. The van der Waals surface area contributed by atoms with Crippen LogP contribution < -0.4 is 0 Å². The fourth-order valence-electron chi connectivity index (χ4n) is 0.740. The van der Waals surface area contributed by atoms with Crippen LogP contribution in [0.4, 0.5) is 0 Å². The molecule has 0 spiro atoms. The Morgan fingerprint density at radius 1 is 1.30 bits per heavy atom. The Balaban J connectivity index is 2.68. The summed E-state index contributed by atoms with van der Waals surface area (Å²) in [5.74, 6) is 0.613. The predicted octanol–water partition coefficient (Wildman–Crippen LogP) is 1.50. The molecule has 1 rings (SSSR count). The molecule has 1 aromatic rings. The molecule has 10 heavy (non-hydrogen) atoms. The van der Waals surface area contributed by atoms with E-state index in [2.05, 4.69) is 31.1 Å². The molecule has 0 aliphatic heterocycles. The van der Waals surface area contributed by atoms with Gasteiger partial charge in [0.15, 0.2) is 0 Å². The molecule has 0 aliphatic rings. The highest BCUT2D eigenvalue weighted by molar-refractivity contribution is 4.71. The zero-order valence-electron chi connectivity index (χ0n) is 6.65. The molecule has 1 heterocycles. The van der Waals surface area contributed by atoms with E-state index in [4.69, 9.17) is 0 Å². The smallest absolute Gasteiger partial charge is 0.0693 e. The molecule has 1 aromatic heterocycles. The number of aromatic nitrogens is 3. The molecule has 0 saturated carbocycles. The van der Waals surface area contributed by atoms with Gasteiger partial charge in [0.1, 0.15) is 0 Å². The summed E-state index contributed by atoms with van der Waals surface area (Å²) in [5, 5.41) is 7.64. The van der Waals surface area contributed by atoms with Crippen molar-refractivity contribution in [2.24, 2.45) is 5.92 Å². The number of nitrogens with zero attached hydrogens (tertiary/aromatic N) is 3. The summed E-state index contributed by atoms with van der Waals surface area (Å²) in [6.45, 7) is 6.48. The molecule has 0 aliphatic carbocycles. The molecule has 0 radical (unpaired) electrons. The molecule has 1 atom stereocenters. The summed E-state index contributed by atoms with van der Waals surface area (Å²) < 4.78 is 1.88. The molecular formula is C7H13N3. The average Bonchev–Trinajstić information content (AvgIpc) is 2.36. The second-order valence-electron chi connectivity index (χ2n) is 2.87.